The maximum Gasteiger partial charge on any atom is 0.177 e. The number of hydrogen-bond acceptors (Lipinski definition) is 4. The highest BCUT2D eigenvalue weighted by Gasteiger charge is 2.13. The summed E-state index contributed by atoms with van der Waals surface area (Å²) < 4.78 is 28.5. The van der Waals surface area contributed by atoms with Crippen LogP contribution in [0, 0.1) is 11.6 Å². The van der Waals surface area contributed by atoms with Crippen molar-refractivity contribution in [3.05, 3.63) is 59.6 Å². The fourth-order valence-electron chi connectivity index (χ4n) is 2.15. The summed E-state index contributed by atoms with van der Waals surface area (Å²) in [6.45, 7) is 0.694. The molecule has 0 bridgehead atoms. The Hall–Kier alpha value is -2.41. The number of hydrogen-bond donors (Lipinski definition) is 0. The van der Waals surface area contributed by atoms with E-state index < -0.39 is 11.6 Å². The summed E-state index contributed by atoms with van der Waals surface area (Å²) in [5, 5.41) is 12.2. The van der Waals surface area contributed by atoms with Crippen LogP contribution in [-0.4, -0.2) is 31.8 Å². The summed E-state index contributed by atoms with van der Waals surface area (Å²) in [5.41, 5.74) is 0.956. The molecule has 0 atom stereocenters. The van der Waals surface area contributed by atoms with Crippen LogP contribution in [0.1, 0.15) is 11.4 Å². The average Bonchev–Trinajstić information content (AvgIpc) is 2.87. The van der Waals surface area contributed by atoms with E-state index in [2.05, 4.69) is 15.3 Å². The number of rotatable bonds is 4. The highest BCUT2D eigenvalue weighted by Crippen LogP contribution is 2.14. The van der Waals surface area contributed by atoms with Crippen molar-refractivity contribution >= 4 is 5.65 Å². The lowest BCUT2D eigenvalue weighted by molar-refractivity contribution is 0.300. The molecule has 0 radical (unpaired) electrons. The molecular formula is C14H13F2N5. The molecule has 0 fully saturated rings. The zero-order valence-corrected chi connectivity index (χ0v) is 11.4. The van der Waals surface area contributed by atoms with Crippen molar-refractivity contribution in [2.24, 2.45) is 0 Å². The zero-order valence-electron chi connectivity index (χ0n) is 11.4. The molecule has 2 aromatic heterocycles. The van der Waals surface area contributed by atoms with E-state index in [-0.39, 0.29) is 6.54 Å². The van der Waals surface area contributed by atoms with Crippen LogP contribution in [0.5, 0.6) is 0 Å². The van der Waals surface area contributed by atoms with Gasteiger partial charge in [0.25, 0.3) is 0 Å². The summed E-state index contributed by atoms with van der Waals surface area (Å²) in [5.74, 6) is -1.01. The summed E-state index contributed by atoms with van der Waals surface area (Å²) in [7, 11) is 1.80. The number of aromatic nitrogens is 4. The maximum atomic E-state index is 13.6. The smallest absolute Gasteiger partial charge is 0.177 e. The minimum absolute atomic E-state index is 0.269. The quantitative estimate of drug-likeness (QED) is 0.737. The molecule has 0 aliphatic rings. The van der Waals surface area contributed by atoms with E-state index in [1.54, 1.807) is 36.0 Å². The van der Waals surface area contributed by atoms with Gasteiger partial charge in [-0.3, -0.25) is 4.90 Å². The number of nitrogens with zero attached hydrogens (tertiary/aromatic N) is 5. The standard InChI is InChI=1S/C14H13F2N5/c1-20(8-10-4-2-5-11(15)14(10)16)9-13-19-18-12-6-3-7-17-21(12)13/h2-7H,8-9H2,1H3. The fourth-order valence-corrected chi connectivity index (χ4v) is 2.15. The van der Waals surface area contributed by atoms with Crippen LogP contribution in [0.15, 0.2) is 36.5 Å². The molecule has 0 saturated carbocycles. The Bertz CT molecular complexity index is 771. The zero-order chi connectivity index (χ0) is 14.8. The van der Waals surface area contributed by atoms with E-state index in [1.807, 2.05) is 4.90 Å². The summed E-state index contributed by atoms with van der Waals surface area (Å²) in [6, 6.07) is 7.74. The Morgan fingerprint density at radius 3 is 2.81 bits per heavy atom. The van der Waals surface area contributed by atoms with Gasteiger partial charge in [0.2, 0.25) is 0 Å². The molecular weight excluding hydrogens is 276 g/mol. The van der Waals surface area contributed by atoms with E-state index in [0.717, 1.165) is 6.07 Å². The Morgan fingerprint density at radius 1 is 1.10 bits per heavy atom. The molecule has 3 aromatic rings. The monoisotopic (exact) mass is 289 g/mol. The highest BCUT2D eigenvalue weighted by atomic mass is 19.2. The van der Waals surface area contributed by atoms with E-state index in [9.17, 15) is 8.78 Å². The Morgan fingerprint density at radius 2 is 1.95 bits per heavy atom. The second kappa shape index (κ2) is 5.53. The van der Waals surface area contributed by atoms with Gasteiger partial charge in [0.15, 0.2) is 23.1 Å². The molecule has 0 spiro atoms. The SMILES string of the molecule is CN(Cc1cccc(F)c1F)Cc1nnc2cccnn12. The van der Waals surface area contributed by atoms with Gasteiger partial charge in [-0.05, 0) is 25.2 Å². The molecule has 7 heteroatoms. The van der Waals surface area contributed by atoms with E-state index in [4.69, 9.17) is 0 Å². The minimum atomic E-state index is -0.838. The first kappa shape index (κ1) is 13.6. The van der Waals surface area contributed by atoms with Gasteiger partial charge in [-0.2, -0.15) is 9.61 Å². The Labute approximate surface area is 119 Å². The molecule has 0 unspecified atom stereocenters. The third kappa shape index (κ3) is 2.73. The van der Waals surface area contributed by atoms with Gasteiger partial charge in [0.1, 0.15) is 0 Å². The molecule has 2 heterocycles. The average molecular weight is 289 g/mol. The molecule has 0 amide bonds. The van der Waals surface area contributed by atoms with E-state index in [0.29, 0.717) is 23.6 Å². The van der Waals surface area contributed by atoms with Crippen LogP contribution in [0.3, 0.4) is 0 Å². The lowest BCUT2D eigenvalue weighted by atomic mass is 10.2. The van der Waals surface area contributed by atoms with Crippen LogP contribution in [0.4, 0.5) is 8.78 Å². The molecule has 21 heavy (non-hydrogen) atoms. The van der Waals surface area contributed by atoms with E-state index in [1.165, 1.54) is 6.07 Å². The van der Waals surface area contributed by atoms with E-state index >= 15 is 0 Å². The Kier molecular flexibility index (Phi) is 3.57. The third-order valence-electron chi connectivity index (χ3n) is 3.13. The second-order valence-corrected chi connectivity index (χ2v) is 4.80. The molecule has 3 rings (SSSR count). The maximum absolute atomic E-state index is 13.6. The predicted molar refractivity (Wildman–Crippen MR) is 72.3 cm³/mol. The molecule has 0 aliphatic heterocycles. The van der Waals surface area contributed by atoms with Crippen molar-refractivity contribution in [3.8, 4) is 0 Å². The summed E-state index contributed by atoms with van der Waals surface area (Å²) in [6.07, 6.45) is 1.64. The van der Waals surface area contributed by atoms with Crippen molar-refractivity contribution < 1.29 is 8.78 Å². The second-order valence-electron chi connectivity index (χ2n) is 4.80. The van der Waals surface area contributed by atoms with Crippen LogP contribution in [-0.2, 0) is 13.1 Å². The van der Waals surface area contributed by atoms with Crippen molar-refractivity contribution in [2.75, 3.05) is 7.05 Å². The van der Waals surface area contributed by atoms with Crippen molar-refractivity contribution in [1.82, 2.24) is 24.7 Å². The van der Waals surface area contributed by atoms with Crippen molar-refractivity contribution in [3.63, 3.8) is 0 Å². The van der Waals surface area contributed by atoms with Crippen LogP contribution < -0.4 is 0 Å². The first-order valence-corrected chi connectivity index (χ1v) is 6.42. The Balaban J connectivity index is 1.77. The molecule has 0 saturated heterocycles. The van der Waals surface area contributed by atoms with Gasteiger partial charge >= 0.3 is 0 Å². The molecule has 108 valence electrons. The first-order chi connectivity index (χ1) is 10.1. The van der Waals surface area contributed by atoms with Crippen LogP contribution in [0.2, 0.25) is 0 Å². The third-order valence-corrected chi connectivity index (χ3v) is 3.13. The lowest BCUT2D eigenvalue weighted by Crippen LogP contribution is -2.20. The first-order valence-electron chi connectivity index (χ1n) is 6.42. The number of halogens is 2. The highest BCUT2D eigenvalue weighted by molar-refractivity contribution is 5.34. The topological polar surface area (TPSA) is 46.3 Å². The number of fused-ring (bicyclic) bond motifs is 1. The summed E-state index contributed by atoms with van der Waals surface area (Å²) in [4.78, 5) is 1.82. The summed E-state index contributed by atoms with van der Waals surface area (Å²) >= 11 is 0. The molecule has 5 nitrogen and oxygen atoms in total. The largest absolute Gasteiger partial charge is 0.295 e. The van der Waals surface area contributed by atoms with Gasteiger partial charge in [-0.1, -0.05) is 12.1 Å². The van der Waals surface area contributed by atoms with Gasteiger partial charge in [-0.25, -0.2) is 8.78 Å². The van der Waals surface area contributed by atoms with Crippen molar-refractivity contribution in [2.45, 2.75) is 13.1 Å². The number of benzene rings is 1. The fraction of sp³-hybridized carbons (Fsp3) is 0.214. The molecule has 1 aromatic carbocycles. The predicted octanol–water partition coefficient (Wildman–Crippen LogP) is 2.03. The van der Waals surface area contributed by atoms with Gasteiger partial charge in [-0.15, -0.1) is 10.2 Å². The van der Waals surface area contributed by atoms with Gasteiger partial charge < -0.3 is 0 Å². The molecule has 0 aliphatic carbocycles. The van der Waals surface area contributed by atoms with Gasteiger partial charge in [0, 0.05) is 18.3 Å². The lowest BCUT2D eigenvalue weighted by Gasteiger charge is -2.15. The van der Waals surface area contributed by atoms with Crippen molar-refractivity contribution in [1.29, 1.82) is 0 Å². The normalized spacial score (nSPS) is 11.4. The van der Waals surface area contributed by atoms with Crippen LogP contribution in [0.25, 0.3) is 5.65 Å². The molecule has 0 N–H and O–H groups in total. The van der Waals surface area contributed by atoms with Crippen LogP contribution >= 0.6 is 0 Å². The minimum Gasteiger partial charge on any atom is -0.295 e. The van der Waals surface area contributed by atoms with Gasteiger partial charge in [0.05, 0.1) is 6.54 Å².